The molecule has 0 heterocycles. The highest BCUT2D eigenvalue weighted by atomic mass is 35.6. The first-order chi connectivity index (χ1) is 6.38. The number of rotatable bonds is 6. The van der Waals surface area contributed by atoms with Crippen molar-refractivity contribution in [3.63, 3.8) is 0 Å². The van der Waals surface area contributed by atoms with Gasteiger partial charge in [0, 0.05) is 13.2 Å². The molecule has 0 fully saturated rings. The quantitative estimate of drug-likeness (QED) is 0.539. The van der Waals surface area contributed by atoms with Crippen LogP contribution in [0, 0.1) is 0 Å². The summed E-state index contributed by atoms with van der Waals surface area (Å²) < 4.78 is 4.17. The van der Waals surface area contributed by atoms with Crippen LogP contribution in [0.2, 0.25) is 0 Å². The second-order valence-electron chi connectivity index (χ2n) is 3.52. The Kier molecular flexibility index (Phi) is 7.53. The van der Waals surface area contributed by atoms with E-state index in [0.717, 1.165) is 12.8 Å². The van der Waals surface area contributed by atoms with Gasteiger partial charge in [-0.25, -0.2) is 0 Å². The van der Waals surface area contributed by atoms with Gasteiger partial charge in [-0.15, -0.1) is 0 Å². The number of alkyl halides is 3. The Bertz CT molecular complexity index is 147. The molecule has 0 aliphatic heterocycles. The summed E-state index contributed by atoms with van der Waals surface area (Å²) in [6.07, 6.45) is 1.70. The zero-order chi connectivity index (χ0) is 11.2. The normalized spacial score (nSPS) is 14.8. The van der Waals surface area contributed by atoms with Crippen LogP contribution < -0.4 is 0 Å². The van der Waals surface area contributed by atoms with Crippen LogP contribution in [0.3, 0.4) is 0 Å². The third kappa shape index (κ3) is 7.13. The average molecular weight is 263 g/mol. The summed E-state index contributed by atoms with van der Waals surface area (Å²) in [4.78, 5) is 1.94. The van der Waals surface area contributed by atoms with Crippen LogP contribution in [0.15, 0.2) is 0 Å². The van der Waals surface area contributed by atoms with Gasteiger partial charge in [0.2, 0.25) is 3.79 Å². The lowest BCUT2D eigenvalue weighted by molar-refractivity contribution is 0.0368. The predicted molar refractivity (Wildman–Crippen MR) is 63.5 cm³/mol. The van der Waals surface area contributed by atoms with Gasteiger partial charge >= 0.3 is 0 Å². The summed E-state index contributed by atoms with van der Waals surface area (Å²) in [6.45, 7) is 3.35. The SMILES string of the molecule is CCCCOC(CN(C)C)C(Cl)(Cl)Cl. The van der Waals surface area contributed by atoms with Gasteiger partial charge in [0.1, 0.15) is 6.10 Å². The summed E-state index contributed by atoms with van der Waals surface area (Å²) in [5.41, 5.74) is 0. The topological polar surface area (TPSA) is 12.5 Å². The first kappa shape index (κ1) is 14.8. The minimum atomic E-state index is -1.35. The van der Waals surface area contributed by atoms with Crippen LogP contribution >= 0.6 is 34.8 Å². The van der Waals surface area contributed by atoms with Crippen molar-refractivity contribution in [2.24, 2.45) is 0 Å². The highest BCUT2D eigenvalue weighted by Gasteiger charge is 2.33. The van der Waals surface area contributed by atoms with E-state index in [2.05, 4.69) is 6.92 Å². The van der Waals surface area contributed by atoms with Crippen LogP contribution in [-0.2, 0) is 4.74 Å². The summed E-state index contributed by atoms with van der Waals surface area (Å²) in [7, 11) is 3.85. The number of hydrogen-bond donors (Lipinski definition) is 0. The van der Waals surface area contributed by atoms with Crippen LogP contribution in [0.25, 0.3) is 0 Å². The molecule has 0 amide bonds. The molecule has 0 aliphatic carbocycles. The predicted octanol–water partition coefficient (Wildman–Crippen LogP) is 3.10. The molecule has 0 radical (unpaired) electrons. The van der Waals surface area contributed by atoms with E-state index in [1.165, 1.54) is 0 Å². The van der Waals surface area contributed by atoms with E-state index in [0.29, 0.717) is 13.2 Å². The van der Waals surface area contributed by atoms with E-state index in [4.69, 9.17) is 39.5 Å². The largest absolute Gasteiger partial charge is 0.372 e. The molecule has 0 saturated carbocycles. The van der Waals surface area contributed by atoms with E-state index < -0.39 is 3.79 Å². The second-order valence-corrected chi connectivity index (χ2v) is 5.89. The van der Waals surface area contributed by atoms with E-state index >= 15 is 0 Å². The van der Waals surface area contributed by atoms with Crippen LogP contribution in [0.4, 0.5) is 0 Å². The van der Waals surface area contributed by atoms with Crippen molar-refractivity contribution in [3.05, 3.63) is 0 Å². The van der Waals surface area contributed by atoms with Gasteiger partial charge in [-0.1, -0.05) is 48.1 Å². The Morgan fingerprint density at radius 1 is 1.29 bits per heavy atom. The van der Waals surface area contributed by atoms with Crippen LogP contribution in [0.5, 0.6) is 0 Å². The van der Waals surface area contributed by atoms with E-state index in [-0.39, 0.29) is 6.10 Å². The van der Waals surface area contributed by atoms with Crippen molar-refractivity contribution in [2.45, 2.75) is 29.7 Å². The lowest BCUT2D eigenvalue weighted by atomic mass is 10.3. The third-order valence-corrected chi connectivity index (χ3v) is 2.44. The molecule has 0 aromatic rings. The molecule has 2 nitrogen and oxygen atoms in total. The van der Waals surface area contributed by atoms with Crippen molar-refractivity contribution in [3.8, 4) is 0 Å². The zero-order valence-electron chi connectivity index (χ0n) is 8.90. The van der Waals surface area contributed by atoms with Gasteiger partial charge in [-0.3, -0.25) is 0 Å². The van der Waals surface area contributed by atoms with Gasteiger partial charge in [0.25, 0.3) is 0 Å². The molecular weight excluding hydrogens is 244 g/mol. The Labute approximate surface area is 101 Å². The molecule has 0 saturated heterocycles. The highest BCUT2D eigenvalue weighted by Crippen LogP contribution is 2.32. The smallest absolute Gasteiger partial charge is 0.217 e. The molecule has 0 rings (SSSR count). The third-order valence-electron chi connectivity index (χ3n) is 1.71. The molecule has 14 heavy (non-hydrogen) atoms. The standard InChI is InChI=1S/C9H18Cl3NO/c1-4-5-6-14-8(7-13(2)3)9(10,11)12/h8H,4-7H2,1-3H3. The fourth-order valence-electron chi connectivity index (χ4n) is 0.952. The molecule has 0 aromatic carbocycles. The first-order valence-corrected chi connectivity index (χ1v) is 5.84. The Morgan fingerprint density at radius 2 is 1.86 bits per heavy atom. The Balaban J connectivity index is 3.99. The molecule has 0 N–H and O–H groups in total. The molecule has 1 unspecified atom stereocenters. The Hall–Kier alpha value is 0.790. The number of unbranched alkanes of at least 4 members (excludes halogenated alkanes) is 1. The molecule has 86 valence electrons. The van der Waals surface area contributed by atoms with Crippen molar-refractivity contribution >= 4 is 34.8 Å². The summed E-state index contributed by atoms with van der Waals surface area (Å²) >= 11 is 17.4. The maximum atomic E-state index is 5.80. The number of hydrogen-bond acceptors (Lipinski definition) is 2. The first-order valence-electron chi connectivity index (χ1n) is 4.71. The summed E-state index contributed by atoms with van der Waals surface area (Å²) in [5.74, 6) is 0. The van der Waals surface area contributed by atoms with Gasteiger partial charge in [0.15, 0.2) is 0 Å². The Morgan fingerprint density at radius 3 is 2.21 bits per heavy atom. The molecule has 1 atom stereocenters. The maximum absolute atomic E-state index is 5.80. The van der Waals surface area contributed by atoms with E-state index in [1.54, 1.807) is 0 Å². The van der Waals surface area contributed by atoms with E-state index in [1.807, 2.05) is 19.0 Å². The summed E-state index contributed by atoms with van der Waals surface area (Å²) in [6, 6.07) is 0. The van der Waals surface area contributed by atoms with Crippen molar-refractivity contribution in [1.29, 1.82) is 0 Å². The van der Waals surface area contributed by atoms with Crippen LogP contribution in [-0.4, -0.2) is 42.0 Å². The van der Waals surface area contributed by atoms with E-state index in [9.17, 15) is 0 Å². The zero-order valence-corrected chi connectivity index (χ0v) is 11.2. The number of nitrogens with zero attached hydrogens (tertiary/aromatic N) is 1. The molecule has 5 heteroatoms. The fourth-order valence-corrected chi connectivity index (χ4v) is 1.35. The van der Waals surface area contributed by atoms with Crippen molar-refractivity contribution < 1.29 is 4.74 Å². The van der Waals surface area contributed by atoms with Crippen molar-refractivity contribution in [2.75, 3.05) is 27.2 Å². The highest BCUT2D eigenvalue weighted by molar-refractivity contribution is 6.68. The van der Waals surface area contributed by atoms with Gasteiger partial charge < -0.3 is 9.64 Å². The molecule has 0 aliphatic rings. The number of halogens is 3. The minimum absolute atomic E-state index is 0.367. The molecular formula is C9H18Cl3NO. The second kappa shape index (κ2) is 7.13. The molecule has 0 aromatic heterocycles. The lowest BCUT2D eigenvalue weighted by Crippen LogP contribution is -2.38. The van der Waals surface area contributed by atoms with Crippen LogP contribution in [0.1, 0.15) is 19.8 Å². The molecule has 0 spiro atoms. The number of likely N-dealkylation sites (N-methyl/N-ethyl adjacent to an activating group) is 1. The summed E-state index contributed by atoms with van der Waals surface area (Å²) in [5, 5.41) is 0. The molecule has 0 bridgehead atoms. The van der Waals surface area contributed by atoms with Gasteiger partial charge in [0.05, 0.1) is 0 Å². The maximum Gasteiger partial charge on any atom is 0.217 e. The number of ether oxygens (including phenoxy) is 1. The van der Waals surface area contributed by atoms with Gasteiger partial charge in [-0.05, 0) is 20.5 Å². The fraction of sp³-hybridized carbons (Fsp3) is 1.00. The monoisotopic (exact) mass is 261 g/mol. The van der Waals surface area contributed by atoms with Crippen molar-refractivity contribution in [1.82, 2.24) is 4.90 Å². The average Bonchev–Trinajstić information content (AvgIpc) is 2.00. The minimum Gasteiger partial charge on any atom is -0.372 e. The lowest BCUT2D eigenvalue weighted by Gasteiger charge is -2.27. The van der Waals surface area contributed by atoms with Gasteiger partial charge in [-0.2, -0.15) is 0 Å².